The largest absolute Gasteiger partial charge is 0.378 e. The predicted molar refractivity (Wildman–Crippen MR) is 34.2 cm³/mol. The molecule has 0 spiro atoms. The van der Waals surface area contributed by atoms with Crippen LogP contribution in [0.2, 0.25) is 0 Å². The van der Waals surface area contributed by atoms with Gasteiger partial charge in [0.2, 0.25) is 6.43 Å². The normalized spacial score (nSPS) is 27.3. The Morgan fingerprint density at radius 1 is 1.40 bits per heavy atom. The summed E-state index contributed by atoms with van der Waals surface area (Å²) in [6.45, 7) is 0.664. The van der Waals surface area contributed by atoms with Crippen molar-refractivity contribution < 1.29 is 13.5 Å². The zero-order valence-electron chi connectivity index (χ0n) is 5.85. The first kappa shape index (κ1) is 7.92. The van der Waals surface area contributed by atoms with Crippen LogP contribution in [0.3, 0.4) is 0 Å². The lowest BCUT2D eigenvalue weighted by molar-refractivity contribution is -0.0228. The fraction of sp³-hybridized carbons (Fsp3) is 1.00. The van der Waals surface area contributed by atoms with E-state index in [0.717, 1.165) is 19.3 Å². The Morgan fingerprint density at radius 3 is 2.70 bits per heavy atom. The number of rotatable bonds is 2. The van der Waals surface area contributed by atoms with Gasteiger partial charge in [0.1, 0.15) is 0 Å². The molecule has 1 heterocycles. The molecule has 10 heavy (non-hydrogen) atoms. The van der Waals surface area contributed by atoms with Crippen LogP contribution in [0.25, 0.3) is 0 Å². The summed E-state index contributed by atoms with van der Waals surface area (Å²) in [5.41, 5.74) is 0. The van der Waals surface area contributed by atoms with E-state index in [2.05, 4.69) is 0 Å². The summed E-state index contributed by atoms with van der Waals surface area (Å²) in [5.74, 6) is 0. The first-order chi connectivity index (χ1) is 4.79. The second kappa shape index (κ2) is 3.86. The Labute approximate surface area is 59.4 Å². The highest BCUT2D eigenvalue weighted by Gasteiger charge is 2.17. The molecule has 1 nitrogen and oxygen atoms in total. The summed E-state index contributed by atoms with van der Waals surface area (Å²) < 4.78 is 28.6. The minimum Gasteiger partial charge on any atom is -0.378 e. The average Bonchev–Trinajstić information content (AvgIpc) is 1.88. The lowest BCUT2D eigenvalue weighted by Gasteiger charge is -2.21. The highest BCUT2D eigenvalue weighted by molar-refractivity contribution is 4.64. The molecule has 1 saturated heterocycles. The molecule has 0 bridgehead atoms. The van der Waals surface area contributed by atoms with Crippen molar-refractivity contribution in [3.05, 3.63) is 0 Å². The van der Waals surface area contributed by atoms with Gasteiger partial charge >= 0.3 is 0 Å². The molecule has 0 radical (unpaired) electrons. The van der Waals surface area contributed by atoms with Gasteiger partial charge in [-0.2, -0.15) is 0 Å². The van der Waals surface area contributed by atoms with E-state index in [1.54, 1.807) is 0 Å². The van der Waals surface area contributed by atoms with Gasteiger partial charge in [0, 0.05) is 13.0 Å². The smallest absolute Gasteiger partial charge is 0.241 e. The fourth-order valence-corrected chi connectivity index (χ4v) is 1.19. The Morgan fingerprint density at radius 2 is 2.20 bits per heavy atom. The van der Waals surface area contributed by atoms with Gasteiger partial charge in [0.15, 0.2) is 0 Å². The van der Waals surface area contributed by atoms with Crippen LogP contribution in [0.15, 0.2) is 0 Å². The first-order valence-electron chi connectivity index (χ1n) is 3.69. The van der Waals surface area contributed by atoms with E-state index in [1.165, 1.54) is 0 Å². The Balaban J connectivity index is 2.13. The van der Waals surface area contributed by atoms with E-state index in [9.17, 15) is 8.78 Å². The summed E-state index contributed by atoms with van der Waals surface area (Å²) in [7, 11) is 0. The summed E-state index contributed by atoms with van der Waals surface area (Å²) >= 11 is 0. The van der Waals surface area contributed by atoms with Gasteiger partial charge in [0.25, 0.3) is 0 Å². The van der Waals surface area contributed by atoms with Crippen molar-refractivity contribution in [2.45, 2.75) is 38.2 Å². The van der Waals surface area contributed by atoms with Crippen LogP contribution in [0.4, 0.5) is 8.78 Å². The van der Waals surface area contributed by atoms with E-state index >= 15 is 0 Å². The summed E-state index contributed by atoms with van der Waals surface area (Å²) in [6, 6.07) is 0. The maximum atomic E-state index is 11.7. The third kappa shape index (κ3) is 2.60. The molecular formula is C7H12F2O. The van der Waals surface area contributed by atoms with Gasteiger partial charge in [-0.05, 0) is 19.3 Å². The highest BCUT2D eigenvalue weighted by atomic mass is 19.3. The van der Waals surface area contributed by atoms with Gasteiger partial charge in [-0.15, -0.1) is 0 Å². The summed E-state index contributed by atoms with van der Waals surface area (Å²) in [5, 5.41) is 0. The first-order valence-corrected chi connectivity index (χ1v) is 3.69. The Bertz CT molecular complexity index is 89.6. The molecule has 0 N–H and O–H groups in total. The van der Waals surface area contributed by atoms with Crippen LogP contribution in [-0.2, 0) is 4.74 Å². The summed E-state index contributed by atoms with van der Waals surface area (Å²) in [4.78, 5) is 0. The lowest BCUT2D eigenvalue weighted by atomic mass is 10.1. The zero-order valence-corrected chi connectivity index (χ0v) is 5.85. The van der Waals surface area contributed by atoms with Gasteiger partial charge in [-0.3, -0.25) is 0 Å². The van der Waals surface area contributed by atoms with E-state index in [4.69, 9.17) is 4.74 Å². The van der Waals surface area contributed by atoms with Crippen molar-refractivity contribution in [1.29, 1.82) is 0 Å². The van der Waals surface area contributed by atoms with Gasteiger partial charge in [0.05, 0.1) is 6.10 Å². The molecule has 1 rings (SSSR count). The minimum absolute atomic E-state index is 0.0833. The van der Waals surface area contributed by atoms with E-state index in [-0.39, 0.29) is 12.5 Å². The molecule has 3 heteroatoms. The molecule has 0 unspecified atom stereocenters. The molecule has 0 amide bonds. The lowest BCUT2D eigenvalue weighted by Crippen LogP contribution is -2.21. The second-order valence-corrected chi connectivity index (χ2v) is 2.62. The van der Waals surface area contributed by atoms with Gasteiger partial charge in [-0.1, -0.05) is 0 Å². The van der Waals surface area contributed by atoms with E-state index in [1.807, 2.05) is 0 Å². The number of hydrogen-bond acceptors (Lipinski definition) is 1. The third-order valence-electron chi connectivity index (χ3n) is 1.72. The molecule has 0 aromatic heterocycles. The van der Waals surface area contributed by atoms with Crippen molar-refractivity contribution in [3.63, 3.8) is 0 Å². The Kier molecular flexibility index (Phi) is 3.06. The summed E-state index contributed by atoms with van der Waals surface area (Å²) in [6.07, 6.45) is 0.415. The van der Waals surface area contributed by atoms with Crippen LogP contribution in [0, 0.1) is 0 Å². The second-order valence-electron chi connectivity index (χ2n) is 2.62. The van der Waals surface area contributed by atoms with Crippen molar-refractivity contribution in [3.8, 4) is 0 Å². The Hall–Kier alpha value is -0.180. The molecule has 0 aliphatic carbocycles. The maximum absolute atomic E-state index is 11.7. The van der Waals surface area contributed by atoms with Crippen molar-refractivity contribution in [2.24, 2.45) is 0 Å². The molecule has 1 fully saturated rings. The van der Waals surface area contributed by atoms with E-state index in [0.29, 0.717) is 6.61 Å². The minimum atomic E-state index is -2.21. The standard InChI is InChI=1S/C7H12F2O/c8-7(9)5-6-3-1-2-4-10-6/h6-7H,1-5H2/t6-/m0/s1. The van der Waals surface area contributed by atoms with Crippen LogP contribution in [-0.4, -0.2) is 19.1 Å². The van der Waals surface area contributed by atoms with Crippen LogP contribution in [0.1, 0.15) is 25.7 Å². The van der Waals surface area contributed by atoms with Gasteiger partial charge < -0.3 is 4.74 Å². The monoisotopic (exact) mass is 150 g/mol. The number of halogens is 2. The van der Waals surface area contributed by atoms with E-state index < -0.39 is 6.43 Å². The maximum Gasteiger partial charge on any atom is 0.241 e. The fourth-order valence-electron chi connectivity index (χ4n) is 1.19. The number of hydrogen-bond donors (Lipinski definition) is 0. The van der Waals surface area contributed by atoms with Crippen molar-refractivity contribution in [2.75, 3.05) is 6.61 Å². The molecule has 0 saturated carbocycles. The van der Waals surface area contributed by atoms with Crippen molar-refractivity contribution in [1.82, 2.24) is 0 Å². The SMILES string of the molecule is FC(F)C[C@@H]1CCCCO1. The number of alkyl halides is 2. The topological polar surface area (TPSA) is 9.23 Å². The van der Waals surface area contributed by atoms with Crippen LogP contribution < -0.4 is 0 Å². The molecule has 1 aliphatic heterocycles. The molecule has 0 aromatic carbocycles. The van der Waals surface area contributed by atoms with Crippen LogP contribution in [0.5, 0.6) is 0 Å². The molecule has 1 aliphatic rings. The molecule has 1 atom stereocenters. The highest BCUT2D eigenvalue weighted by Crippen LogP contribution is 2.18. The number of ether oxygens (including phenoxy) is 1. The van der Waals surface area contributed by atoms with Crippen LogP contribution >= 0.6 is 0 Å². The van der Waals surface area contributed by atoms with Gasteiger partial charge in [-0.25, -0.2) is 8.78 Å². The molecular weight excluding hydrogens is 138 g/mol. The predicted octanol–water partition coefficient (Wildman–Crippen LogP) is 2.21. The quantitative estimate of drug-likeness (QED) is 0.586. The third-order valence-corrected chi connectivity index (χ3v) is 1.72. The van der Waals surface area contributed by atoms with Crippen molar-refractivity contribution >= 4 is 0 Å². The average molecular weight is 150 g/mol. The zero-order chi connectivity index (χ0) is 7.40. The molecule has 0 aromatic rings. The molecule has 60 valence electrons.